The summed E-state index contributed by atoms with van der Waals surface area (Å²) in [4.78, 5) is 24.3. The zero-order valence-electron chi connectivity index (χ0n) is 19.9. The number of carbonyl (C=O) groups excluding carboxylic acids is 1. The number of methoxy groups -OCH3 is 1. The van der Waals surface area contributed by atoms with Crippen LogP contribution < -0.4 is 4.74 Å². The van der Waals surface area contributed by atoms with E-state index in [4.69, 9.17) is 9.15 Å². The maximum atomic E-state index is 13.4. The van der Waals surface area contributed by atoms with E-state index >= 15 is 0 Å². The van der Waals surface area contributed by atoms with Gasteiger partial charge < -0.3 is 14.1 Å². The first-order chi connectivity index (χ1) is 17.2. The Balaban J connectivity index is 1.26. The molecule has 1 saturated heterocycles. The van der Waals surface area contributed by atoms with Gasteiger partial charge in [-0.15, -0.1) is 0 Å². The van der Waals surface area contributed by atoms with Crippen LogP contribution in [0.5, 0.6) is 5.75 Å². The van der Waals surface area contributed by atoms with E-state index in [1.807, 2.05) is 59.6 Å². The predicted octanol–water partition coefficient (Wildman–Crippen LogP) is 5.28. The first-order valence-corrected chi connectivity index (χ1v) is 12.0. The number of nitrogens with zero attached hydrogens (tertiary/aromatic N) is 3. The second-order valence-electron chi connectivity index (χ2n) is 8.94. The summed E-state index contributed by atoms with van der Waals surface area (Å²) in [5.74, 6) is 2.52. The van der Waals surface area contributed by atoms with Gasteiger partial charge in [-0.1, -0.05) is 48.5 Å². The van der Waals surface area contributed by atoms with Gasteiger partial charge in [0.25, 0.3) is 5.91 Å². The van der Waals surface area contributed by atoms with Gasteiger partial charge in [-0.3, -0.25) is 9.78 Å². The second kappa shape index (κ2) is 10.6. The van der Waals surface area contributed by atoms with Gasteiger partial charge >= 0.3 is 0 Å². The fourth-order valence-electron chi connectivity index (χ4n) is 4.69. The maximum Gasteiger partial charge on any atom is 0.253 e. The number of likely N-dealkylation sites (tertiary alicyclic amines) is 1. The number of pyridine rings is 1. The molecule has 2 aromatic heterocycles. The van der Waals surface area contributed by atoms with E-state index in [1.54, 1.807) is 19.4 Å². The first-order valence-electron chi connectivity index (χ1n) is 12.0. The summed E-state index contributed by atoms with van der Waals surface area (Å²) in [5.41, 5.74) is 3.73. The highest BCUT2D eigenvalue weighted by atomic mass is 16.5. The average molecular weight is 468 g/mol. The molecule has 1 fully saturated rings. The van der Waals surface area contributed by atoms with Crippen molar-refractivity contribution in [3.05, 3.63) is 113 Å². The zero-order chi connectivity index (χ0) is 24.0. The monoisotopic (exact) mass is 467 g/mol. The number of piperidine rings is 1. The molecule has 0 N–H and O–H groups in total. The minimum atomic E-state index is 0.0226. The van der Waals surface area contributed by atoms with Crippen molar-refractivity contribution in [2.45, 2.75) is 31.6 Å². The Morgan fingerprint density at radius 1 is 1.06 bits per heavy atom. The number of hydrogen-bond acceptors (Lipinski definition) is 5. The van der Waals surface area contributed by atoms with E-state index in [2.05, 4.69) is 22.1 Å². The van der Waals surface area contributed by atoms with Crippen LogP contribution in [0.2, 0.25) is 0 Å². The summed E-state index contributed by atoms with van der Waals surface area (Å²) < 4.78 is 11.6. The van der Waals surface area contributed by atoms with Crippen molar-refractivity contribution in [1.82, 2.24) is 14.9 Å². The minimum absolute atomic E-state index is 0.0226. The van der Waals surface area contributed by atoms with Crippen LogP contribution in [0.3, 0.4) is 0 Å². The molecule has 4 aromatic rings. The van der Waals surface area contributed by atoms with Gasteiger partial charge in [-0.2, -0.15) is 0 Å². The summed E-state index contributed by atoms with van der Waals surface area (Å²) in [6.07, 6.45) is 6.74. The number of oxazole rings is 1. The second-order valence-corrected chi connectivity index (χ2v) is 8.94. The topological polar surface area (TPSA) is 68.5 Å². The molecule has 6 heteroatoms. The van der Waals surface area contributed by atoms with E-state index < -0.39 is 0 Å². The molecular formula is C29H29N3O3. The molecule has 0 aliphatic carbocycles. The standard InChI is InChI=1S/C29H29N3O3/c1-34-27-12-6-5-10-22(27)17-25-18-23(13-14-30-25)29(33)32-15-7-11-24(20-32)28-31-19-26(35-28)16-21-8-3-2-4-9-21/h2-6,8-10,12-14,18-19,24H,7,11,15-17,20H2,1H3/t24-/m0/s1. The molecular weight excluding hydrogens is 438 g/mol. The van der Waals surface area contributed by atoms with Gasteiger partial charge in [0.2, 0.25) is 0 Å². The highest BCUT2D eigenvalue weighted by molar-refractivity contribution is 5.94. The Bertz CT molecular complexity index is 1290. The lowest BCUT2D eigenvalue weighted by Crippen LogP contribution is -2.39. The fraction of sp³-hybridized carbons (Fsp3) is 0.276. The zero-order valence-corrected chi connectivity index (χ0v) is 19.9. The summed E-state index contributed by atoms with van der Waals surface area (Å²) in [5, 5.41) is 0. The van der Waals surface area contributed by atoms with Crippen molar-refractivity contribution in [2.75, 3.05) is 20.2 Å². The Morgan fingerprint density at radius 2 is 1.89 bits per heavy atom. The molecule has 1 amide bonds. The van der Waals surface area contributed by atoms with E-state index in [-0.39, 0.29) is 11.8 Å². The van der Waals surface area contributed by atoms with Gasteiger partial charge in [0.1, 0.15) is 11.5 Å². The number of aromatic nitrogens is 2. The SMILES string of the molecule is COc1ccccc1Cc1cc(C(=O)N2CCC[C@H](c3ncc(Cc4ccccc4)o3)C2)ccn1. The minimum Gasteiger partial charge on any atom is -0.496 e. The fourth-order valence-corrected chi connectivity index (χ4v) is 4.69. The summed E-state index contributed by atoms with van der Waals surface area (Å²) >= 11 is 0. The molecule has 6 nitrogen and oxygen atoms in total. The number of rotatable bonds is 7. The lowest BCUT2D eigenvalue weighted by molar-refractivity contribution is 0.0697. The smallest absolute Gasteiger partial charge is 0.253 e. The number of ether oxygens (including phenoxy) is 1. The number of amides is 1. The van der Waals surface area contributed by atoms with Gasteiger partial charge in [0.15, 0.2) is 5.89 Å². The Labute approximate surface area is 205 Å². The molecule has 0 saturated carbocycles. The number of carbonyl (C=O) groups is 1. The average Bonchev–Trinajstić information content (AvgIpc) is 3.38. The molecule has 0 bridgehead atoms. The van der Waals surface area contributed by atoms with Crippen molar-refractivity contribution in [3.63, 3.8) is 0 Å². The highest BCUT2D eigenvalue weighted by Gasteiger charge is 2.28. The summed E-state index contributed by atoms with van der Waals surface area (Å²) in [6, 6.07) is 21.8. The Morgan fingerprint density at radius 3 is 2.74 bits per heavy atom. The van der Waals surface area contributed by atoms with Crippen LogP contribution in [-0.2, 0) is 12.8 Å². The number of hydrogen-bond donors (Lipinski definition) is 0. The van der Waals surface area contributed by atoms with E-state index in [0.717, 1.165) is 54.5 Å². The van der Waals surface area contributed by atoms with Crippen molar-refractivity contribution in [3.8, 4) is 5.75 Å². The van der Waals surface area contributed by atoms with Crippen LogP contribution in [0.15, 0.2) is 83.5 Å². The van der Waals surface area contributed by atoms with Gasteiger partial charge in [-0.25, -0.2) is 4.98 Å². The van der Waals surface area contributed by atoms with Crippen LogP contribution in [0, 0.1) is 0 Å². The van der Waals surface area contributed by atoms with Crippen LogP contribution in [0.25, 0.3) is 0 Å². The van der Waals surface area contributed by atoms with Crippen LogP contribution in [0.4, 0.5) is 0 Å². The first kappa shape index (κ1) is 22.8. The molecule has 0 radical (unpaired) electrons. The molecule has 1 aliphatic heterocycles. The largest absolute Gasteiger partial charge is 0.496 e. The van der Waals surface area contributed by atoms with Gasteiger partial charge in [0.05, 0.1) is 19.2 Å². The molecule has 3 heterocycles. The lowest BCUT2D eigenvalue weighted by atomic mass is 9.97. The maximum absolute atomic E-state index is 13.4. The van der Waals surface area contributed by atoms with E-state index in [0.29, 0.717) is 18.5 Å². The summed E-state index contributed by atoms with van der Waals surface area (Å²) in [6.45, 7) is 1.34. The molecule has 35 heavy (non-hydrogen) atoms. The van der Waals surface area contributed by atoms with E-state index in [9.17, 15) is 4.79 Å². The molecule has 5 rings (SSSR count). The number of para-hydroxylation sites is 1. The quantitative estimate of drug-likeness (QED) is 0.370. The third-order valence-electron chi connectivity index (χ3n) is 6.48. The Hall–Kier alpha value is -3.93. The molecule has 2 aromatic carbocycles. The molecule has 1 atom stereocenters. The van der Waals surface area contributed by atoms with Crippen molar-refractivity contribution in [2.24, 2.45) is 0 Å². The van der Waals surface area contributed by atoms with Gasteiger partial charge in [0, 0.05) is 48.9 Å². The van der Waals surface area contributed by atoms with E-state index in [1.165, 1.54) is 5.56 Å². The molecule has 1 aliphatic rings. The number of benzene rings is 2. The lowest BCUT2D eigenvalue weighted by Gasteiger charge is -2.31. The van der Waals surface area contributed by atoms with Crippen molar-refractivity contribution >= 4 is 5.91 Å². The Kier molecular flexibility index (Phi) is 6.89. The van der Waals surface area contributed by atoms with Crippen LogP contribution in [0.1, 0.15) is 57.6 Å². The van der Waals surface area contributed by atoms with Gasteiger partial charge in [-0.05, 0) is 36.6 Å². The highest BCUT2D eigenvalue weighted by Crippen LogP contribution is 2.28. The molecule has 0 unspecified atom stereocenters. The molecule has 178 valence electrons. The normalized spacial score (nSPS) is 15.7. The van der Waals surface area contributed by atoms with Crippen molar-refractivity contribution < 1.29 is 13.9 Å². The van der Waals surface area contributed by atoms with Crippen LogP contribution >= 0.6 is 0 Å². The van der Waals surface area contributed by atoms with Crippen molar-refractivity contribution in [1.29, 1.82) is 0 Å². The molecule has 0 spiro atoms. The van der Waals surface area contributed by atoms with Crippen LogP contribution in [-0.4, -0.2) is 41.0 Å². The summed E-state index contributed by atoms with van der Waals surface area (Å²) in [7, 11) is 1.66. The predicted molar refractivity (Wildman–Crippen MR) is 134 cm³/mol. The third-order valence-corrected chi connectivity index (χ3v) is 6.48. The third kappa shape index (κ3) is 5.43.